The molecule has 3 unspecified atom stereocenters. The molecule has 0 aromatic carbocycles. The normalized spacial score (nSPS) is 14.2. The van der Waals surface area contributed by atoms with Crippen LogP contribution in [0.15, 0.2) is 72.9 Å². The molecule has 0 bridgehead atoms. The molecule has 0 aromatic heterocycles. The Labute approximate surface area is 491 Å². The molecule has 0 heterocycles. The van der Waals surface area contributed by atoms with E-state index in [0.29, 0.717) is 17.4 Å². The van der Waals surface area contributed by atoms with Crippen LogP contribution in [0, 0.1) is 0 Å². The van der Waals surface area contributed by atoms with Crippen LogP contribution in [0.2, 0.25) is 0 Å². The van der Waals surface area contributed by atoms with Crippen LogP contribution in [0.3, 0.4) is 0 Å². The first-order valence-electron chi connectivity index (χ1n) is 33.8. The molecule has 0 aromatic rings. The number of carbonyl (C=O) groups is 1. The smallest absolute Gasteiger partial charge is 0.268 e. The minimum atomic E-state index is -4.61. The largest absolute Gasteiger partial charge is 0.756 e. The zero-order valence-corrected chi connectivity index (χ0v) is 53.7. The van der Waals surface area contributed by atoms with Gasteiger partial charge >= 0.3 is 0 Å². The molecular weight excluding hydrogens is 996 g/mol. The van der Waals surface area contributed by atoms with Crippen molar-refractivity contribution >= 4 is 13.7 Å². The van der Waals surface area contributed by atoms with Crippen LogP contribution in [0.4, 0.5) is 0 Å². The highest BCUT2D eigenvalue weighted by atomic mass is 31.2. The van der Waals surface area contributed by atoms with Gasteiger partial charge in [-0.25, -0.2) is 0 Å². The summed E-state index contributed by atoms with van der Waals surface area (Å²) in [6.45, 7) is 4.55. The zero-order chi connectivity index (χ0) is 57.7. The van der Waals surface area contributed by atoms with Gasteiger partial charge in [0.25, 0.3) is 7.82 Å². The molecular formula is C70H131N2O6P. The summed E-state index contributed by atoms with van der Waals surface area (Å²) in [5, 5.41) is 13.9. The van der Waals surface area contributed by atoms with Crippen LogP contribution in [0.1, 0.15) is 316 Å². The van der Waals surface area contributed by atoms with Crippen molar-refractivity contribution < 1.29 is 32.9 Å². The standard InChI is InChI=1S/C70H131N2O6P/c1-6-8-10-12-14-16-18-20-22-24-26-28-29-30-31-32-33-34-35-36-37-38-39-40-41-42-43-44-46-48-50-52-54-56-58-60-62-64-70(74)71-68(67-78-79(75,76)77-66-65-72(3,4)5)69(73)63-61-59-57-55-53-51-49-47-45-27-25-23-21-19-17-15-13-11-9-7-2/h8,10,14,16,20,22,26,28,53,55,61,63,68-69,73H,6-7,9,11-13,15,17-19,21,23-25,27,29-52,54,56-60,62,64-67H2,1-5H3,(H-,71,74,75,76)/b10-8-,16-14-,22-20-,28-26-,55-53+,63-61+. The Morgan fingerprint density at radius 3 is 1.18 bits per heavy atom. The lowest BCUT2D eigenvalue weighted by Gasteiger charge is -2.29. The Balaban J connectivity index is 4.01. The van der Waals surface area contributed by atoms with E-state index in [0.717, 1.165) is 64.2 Å². The lowest BCUT2D eigenvalue weighted by atomic mass is 10.0. The Hall–Kier alpha value is -2.06. The number of phosphoric ester groups is 1. The molecule has 0 saturated heterocycles. The van der Waals surface area contributed by atoms with Crippen molar-refractivity contribution in [3.8, 4) is 0 Å². The third-order valence-electron chi connectivity index (χ3n) is 15.2. The molecule has 0 fully saturated rings. The third-order valence-corrected chi connectivity index (χ3v) is 16.1. The van der Waals surface area contributed by atoms with E-state index in [1.54, 1.807) is 6.08 Å². The molecule has 0 spiro atoms. The van der Waals surface area contributed by atoms with Crippen LogP contribution >= 0.6 is 7.82 Å². The van der Waals surface area contributed by atoms with E-state index in [9.17, 15) is 19.4 Å². The van der Waals surface area contributed by atoms with Crippen molar-refractivity contribution in [3.05, 3.63) is 72.9 Å². The summed E-state index contributed by atoms with van der Waals surface area (Å²) in [4.78, 5) is 25.6. The van der Waals surface area contributed by atoms with E-state index in [1.807, 2.05) is 27.2 Å². The molecule has 0 rings (SSSR count). The summed E-state index contributed by atoms with van der Waals surface area (Å²) in [5.74, 6) is -0.202. The van der Waals surface area contributed by atoms with Crippen molar-refractivity contribution in [2.75, 3.05) is 40.9 Å². The number of allylic oxidation sites excluding steroid dienone is 11. The lowest BCUT2D eigenvalue weighted by Crippen LogP contribution is -2.45. The summed E-state index contributed by atoms with van der Waals surface area (Å²) in [6.07, 6.45) is 84.5. The Morgan fingerprint density at radius 1 is 0.456 bits per heavy atom. The average Bonchev–Trinajstić information content (AvgIpc) is 3.42. The Morgan fingerprint density at radius 2 is 0.785 bits per heavy atom. The van der Waals surface area contributed by atoms with E-state index in [4.69, 9.17) is 9.05 Å². The number of aliphatic hydroxyl groups is 1. The summed E-state index contributed by atoms with van der Waals surface area (Å²) in [5.41, 5.74) is 0. The van der Waals surface area contributed by atoms with E-state index >= 15 is 0 Å². The highest BCUT2D eigenvalue weighted by molar-refractivity contribution is 7.45. The Bertz CT molecular complexity index is 1520. The number of hydrogen-bond acceptors (Lipinski definition) is 6. The van der Waals surface area contributed by atoms with E-state index in [1.165, 1.54) is 231 Å². The fraction of sp³-hybridized carbons (Fsp3) is 0.814. The van der Waals surface area contributed by atoms with Crippen molar-refractivity contribution in [1.29, 1.82) is 0 Å². The zero-order valence-electron chi connectivity index (χ0n) is 52.8. The highest BCUT2D eigenvalue weighted by Crippen LogP contribution is 2.38. The maximum Gasteiger partial charge on any atom is 0.268 e. The first-order chi connectivity index (χ1) is 38.5. The number of unbranched alkanes of at least 4 members (excludes halogenated alkanes) is 39. The van der Waals surface area contributed by atoms with Gasteiger partial charge in [-0.2, -0.15) is 0 Å². The van der Waals surface area contributed by atoms with Crippen molar-refractivity contribution in [2.45, 2.75) is 328 Å². The number of rotatable bonds is 62. The monoisotopic (exact) mass is 1130 g/mol. The van der Waals surface area contributed by atoms with Gasteiger partial charge in [-0.3, -0.25) is 9.36 Å². The van der Waals surface area contributed by atoms with Crippen molar-refractivity contribution in [2.24, 2.45) is 0 Å². The van der Waals surface area contributed by atoms with Gasteiger partial charge in [-0.05, 0) is 70.6 Å². The third kappa shape index (κ3) is 63.4. The number of likely N-dealkylation sites (N-methyl/N-ethyl adjacent to an activating group) is 1. The number of amides is 1. The molecule has 0 aliphatic rings. The minimum absolute atomic E-state index is 0.00608. The lowest BCUT2D eigenvalue weighted by molar-refractivity contribution is -0.870. The first-order valence-corrected chi connectivity index (χ1v) is 35.3. The topological polar surface area (TPSA) is 108 Å². The van der Waals surface area contributed by atoms with Gasteiger partial charge < -0.3 is 28.8 Å². The summed E-state index contributed by atoms with van der Waals surface area (Å²) < 4.78 is 23.4. The van der Waals surface area contributed by atoms with Crippen LogP contribution in [-0.2, 0) is 18.4 Å². The molecule has 3 atom stereocenters. The molecule has 462 valence electrons. The second kappa shape index (κ2) is 60.5. The second-order valence-electron chi connectivity index (χ2n) is 24.1. The number of nitrogens with one attached hydrogen (secondary N) is 1. The molecule has 2 N–H and O–H groups in total. The maximum atomic E-state index is 13.0. The van der Waals surface area contributed by atoms with Crippen LogP contribution in [-0.4, -0.2) is 68.5 Å². The molecule has 0 aliphatic heterocycles. The average molecular weight is 1130 g/mol. The molecule has 8 nitrogen and oxygen atoms in total. The van der Waals surface area contributed by atoms with E-state index < -0.39 is 26.6 Å². The number of nitrogens with zero attached hydrogens (tertiary/aromatic N) is 1. The summed E-state index contributed by atoms with van der Waals surface area (Å²) >= 11 is 0. The number of quaternary nitrogens is 1. The molecule has 79 heavy (non-hydrogen) atoms. The van der Waals surface area contributed by atoms with Crippen molar-refractivity contribution in [1.82, 2.24) is 5.32 Å². The fourth-order valence-electron chi connectivity index (χ4n) is 9.93. The molecule has 1 amide bonds. The molecule has 9 heteroatoms. The predicted molar refractivity (Wildman–Crippen MR) is 344 cm³/mol. The van der Waals surface area contributed by atoms with Gasteiger partial charge in [-0.1, -0.05) is 311 Å². The summed E-state index contributed by atoms with van der Waals surface area (Å²) in [6, 6.07) is -0.905. The SMILES string of the molecule is CC/C=C\C/C=C\C/C=C\C/C=C\CCCCCCCCCCCCCCCCCCCCCCCCCCC(=O)NC(COP(=O)([O-])OCC[N+](C)(C)C)C(O)/C=C/CC/C=C/CCCCCCCCCCCCCCCC. The minimum Gasteiger partial charge on any atom is -0.756 e. The van der Waals surface area contributed by atoms with Crippen LogP contribution in [0.25, 0.3) is 0 Å². The Kier molecular flexibility index (Phi) is 59.0. The number of aliphatic hydroxyl groups excluding tert-OH is 1. The van der Waals surface area contributed by atoms with Gasteiger partial charge in [0.2, 0.25) is 5.91 Å². The van der Waals surface area contributed by atoms with Gasteiger partial charge in [0, 0.05) is 6.42 Å². The first kappa shape index (κ1) is 76.9. The fourth-order valence-corrected chi connectivity index (χ4v) is 10.7. The summed E-state index contributed by atoms with van der Waals surface area (Å²) in [7, 11) is 1.25. The quantitative estimate of drug-likeness (QED) is 0.0272. The maximum absolute atomic E-state index is 13.0. The van der Waals surface area contributed by atoms with Crippen LogP contribution in [0.5, 0.6) is 0 Å². The highest BCUT2D eigenvalue weighted by Gasteiger charge is 2.23. The predicted octanol–water partition coefficient (Wildman–Crippen LogP) is 20.8. The van der Waals surface area contributed by atoms with Gasteiger partial charge in [0.05, 0.1) is 39.9 Å². The van der Waals surface area contributed by atoms with Gasteiger partial charge in [0.15, 0.2) is 0 Å². The van der Waals surface area contributed by atoms with E-state index in [-0.39, 0.29) is 12.5 Å². The van der Waals surface area contributed by atoms with Gasteiger partial charge in [0.1, 0.15) is 13.2 Å². The van der Waals surface area contributed by atoms with Crippen LogP contribution < -0.4 is 10.2 Å². The second-order valence-corrected chi connectivity index (χ2v) is 25.6. The molecule has 0 aliphatic carbocycles. The molecule has 0 saturated carbocycles. The van der Waals surface area contributed by atoms with E-state index in [2.05, 4.69) is 79.9 Å². The number of carbonyl (C=O) groups excluding carboxylic acids is 1. The molecule has 0 radical (unpaired) electrons. The number of hydrogen-bond donors (Lipinski definition) is 2. The number of phosphoric acid groups is 1. The van der Waals surface area contributed by atoms with Crippen molar-refractivity contribution in [3.63, 3.8) is 0 Å². The van der Waals surface area contributed by atoms with Gasteiger partial charge in [-0.15, -0.1) is 0 Å².